The van der Waals surface area contributed by atoms with Gasteiger partial charge in [0.05, 0.1) is 15.7 Å². The van der Waals surface area contributed by atoms with Gasteiger partial charge < -0.3 is 14.6 Å². The Morgan fingerprint density at radius 2 is 1.86 bits per heavy atom. The van der Waals surface area contributed by atoms with Crippen molar-refractivity contribution < 1.29 is 13.7 Å². The maximum atomic E-state index is 13.7. The van der Waals surface area contributed by atoms with Gasteiger partial charge in [-0.1, -0.05) is 12.1 Å². The second-order valence-electron chi connectivity index (χ2n) is 6.51. The van der Waals surface area contributed by atoms with E-state index in [1.165, 1.54) is 6.07 Å². The zero-order valence-electron chi connectivity index (χ0n) is 13.7. The van der Waals surface area contributed by atoms with Crippen LogP contribution in [0.2, 0.25) is 0 Å². The Labute approximate surface area is 140 Å². The monoisotopic (exact) mass is 369 g/mol. The van der Waals surface area contributed by atoms with Crippen LogP contribution < -0.4 is 5.32 Å². The third-order valence-corrected chi connectivity index (χ3v) is 4.88. The van der Waals surface area contributed by atoms with Gasteiger partial charge in [0.15, 0.2) is 0 Å². The first-order valence-corrected chi connectivity index (χ1v) is 8.11. The van der Waals surface area contributed by atoms with Crippen LogP contribution in [0.4, 0.5) is 4.39 Å². The summed E-state index contributed by atoms with van der Waals surface area (Å²) >= 11 is 3.16. The lowest BCUT2D eigenvalue weighted by molar-refractivity contribution is 0.00578. The van der Waals surface area contributed by atoms with Crippen molar-refractivity contribution in [1.29, 1.82) is 0 Å². The smallest absolute Gasteiger partial charge is 0.400 e. The summed E-state index contributed by atoms with van der Waals surface area (Å²) in [6.07, 6.45) is 1.91. The first-order chi connectivity index (χ1) is 10.2. The zero-order valence-corrected chi connectivity index (χ0v) is 15.3. The Hall–Kier alpha value is -0.685. The molecule has 2 rings (SSSR count). The molecule has 0 unspecified atom stereocenters. The fourth-order valence-corrected chi connectivity index (χ4v) is 2.46. The quantitative estimate of drug-likeness (QED) is 0.818. The molecule has 1 aliphatic rings. The fourth-order valence-electron chi connectivity index (χ4n) is 2.22. The molecule has 1 fully saturated rings. The molecule has 1 N–H and O–H groups in total. The van der Waals surface area contributed by atoms with Crippen molar-refractivity contribution >= 4 is 29.1 Å². The highest BCUT2D eigenvalue weighted by atomic mass is 79.9. The molecule has 0 aromatic heterocycles. The van der Waals surface area contributed by atoms with Crippen molar-refractivity contribution in [3.63, 3.8) is 0 Å². The first-order valence-electron chi connectivity index (χ1n) is 7.32. The highest BCUT2D eigenvalue weighted by Gasteiger charge is 2.52. The third kappa shape index (κ3) is 3.62. The first kappa shape index (κ1) is 17.7. The molecule has 0 aliphatic carbocycles. The summed E-state index contributed by atoms with van der Waals surface area (Å²) < 4.78 is 26.3. The van der Waals surface area contributed by atoms with Gasteiger partial charge in [0.2, 0.25) is 0 Å². The van der Waals surface area contributed by atoms with Crippen LogP contribution in [0.25, 0.3) is 6.08 Å². The minimum atomic E-state index is -0.441. The van der Waals surface area contributed by atoms with Crippen LogP contribution >= 0.6 is 15.9 Å². The van der Waals surface area contributed by atoms with Crippen LogP contribution in [0.15, 0.2) is 28.1 Å². The Bertz CT molecular complexity index is 574. The Morgan fingerprint density at radius 3 is 2.36 bits per heavy atom. The third-order valence-electron chi connectivity index (χ3n) is 4.23. The normalized spacial score (nSPS) is 20.5. The van der Waals surface area contributed by atoms with Crippen LogP contribution in [0.3, 0.4) is 0 Å². The average Bonchev–Trinajstić information content (AvgIpc) is 2.62. The van der Waals surface area contributed by atoms with Crippen LogP contribution in [-0.2, 0) is 9.31 Å². The second kappa shape index (κ2) is 6.44. The van der Waals surface area contributed by atoms with Crippen molar-refractivity contribution in [3.05, 3.63) is 39.5 Å². The van der Waals surface area contributed by atoms with Crippen molar-refractivity contribution in [2.45, 2.75) is 38.9 Å². The van der Waals surface area contributed by atoms with E-state index in [1.54, 1.807) is 6.07 Å². The van der Waals surface area contributed by atoms with Gasteiger partial charge in [-0.15, -0.1) is 0 Å². The summed E-state index contributed by atoms with van der Waals surface area (Å²) in [7, 11) is 1.42. The van der Waals surface area contributed by atoms with E-state index in [1.807, 2.05) is 46.9 Å². The Kier molecular flexibility index (Phi) is 5.17. The van der Waals surface area contributed by atoms with E-state index in [4.69, 9.17) is 9.31 Å². The van der Waals surface area contributed by atoms with Gasteiger partial charge in [-0.3, -0.25) is 0 Å². The van der Waals surface area contributed by atoms with Gasteiger partial charge in [0, 0.05) is 6.54 Å². The molecule has 0 atom stereocenters. The van der Waals surface area contributed by atoms with Crippen molar-refractivity contribution in [2.24, 2.45) is 0 Å². The number of rotatable bonds is 4. The molecule has 0 amide bonds. The maximum absolute atomic E-state index is 13.7. The molecule has 0 radical (unpaired) electrons. The van der Waals surface area contributed by atoms with Gasteiger partial charge in [-0.25, -0.2) is 4.39 Å². The van der Waals surface area contributed by atoms with Crippen LogP contribution in [0.1, 0.15) is 33.3 Å². The maximum Gasteiger partial charge on any atom is 0.491 e. The van der Waals surface area contributed by atoms with Crippen molar-refractivity contribution in [2.75, 3.05) is 13.6 Å². The molecular weight excluding hydrogens is 348 g/mol. The van der Waals surface area contributed by atoms with Gasteiger partial charge in [-0.2, -0.15) is 0 Å². The van der Waals surface area contributed by atoms with E-state index in [2.05, 4.69) is 21.2 Å². The lowest BCUT2D eigenvalue weighted by atomic mass is 9.77. The minimum absolute atomic E-state index is 0.286. The van der Waals surface area contributed by atoms with E-state index in [0.717, 1.165) is 11.0 Å². The predicted octanol–water partition coefficient (Wildman–Crippen LogP) is 3.82. The molecule has 6 heteroatoms. The highest BCUT2D eigenvalue weighted by Crippen LogP contribution is 2.38. The summed E-state index contributed by atoms with van der Waals surface area (Å²) in [5.74, 6) is -0.286. The molecule has 1 saturated heterocycles. The number of halogens is 2. The molecule has 1 heterocycles. The summed E-state index contributed by atoms with van der Waals surface area (Å²) in [5, 5.41) is 3.11. The number of nitrogens with one attached hydrogen (secondary N) is 1. The largest absolute Gasteiger partial charge is 0.491 e. The Balaban J connectivity index is 2.31. The lowest BCUT2D eigenvalue weighted by Gasteiger charge is -2.32. The van der Waals surface area contributed by atoms with Crippen molar-refractivity contribution in [1.82, 2.24) is 5.32 Å². The highest BCUT2D eigenvalue weighted by molar-refractivity contribution is 9.10. The predicted molar refractivity (Wildman–Crippen MR) is 92.1 cm³/mol. The fraction of sp³-hybridized carbons (Fsp3) is 0.500. The molecule has 22 heavy (non-hydrogen) atoms. The van der Waals surface area contributed by atoms with Crippen molar-refractivity contribution in [3.8, 4) is 0 Å². The number of likely N-dealkylation sites (N-methyl/N-ethyl adjacent to an activating group) is 1. The van der Waals surface area contributed by atoms with Gasteiger partial charge in [0.25, 0.3) is 0 Å². The van der Waals surface area contributed by atoms with Gasteiger partial charge in [0.1, 0.15) is 5.82 Å². The molecule has 0 spiro atoms. The van der Waals surface area contributed by atoms with Gasteiger partial charge in [-0.05, 0) is 73.8 Å². The lowest BCUT2D eigenvalue weighted by Crippen LogP contribution is -2.41. The molecular formula is C16H22BBrFNO2. The second-order valence-corrected chi connectivity index (χ2v) is 7.37. The Morgan fingerprint density at radius 1 is 1.27 bits per heavy atom. The molecule has 120 valence electrons. The summed E-state index contributed by atoms with van der Waals surface area (Å²) in [6.45, 7) is 8.67. The van der Waals surface area contributed by atoms with E-state index in [9.17, 15) is 4.39 Å². The van der Waals surface area contributed by atoms with Crippen LogP contribution in [0, 0.1) is 5.82 Å². The zero-order chi connectivity index (χ0) is 16.5. The minimum Gasteiger partial charge on any atom is -0.400 e. The molecule has 0 saturated carbocycles. The molecule has 3 nitrogen and oxygen atoms in total. The number of hydrogen-bond donors (Lipinski definition) is 1. The van der Waals surface area contributed by atoms with E-state index >= 15 is 0 Å². The van der Waals surface area contributed by atoms with Crippen LogP contribution in [0.5, 0.6) is 0 Å². The summed E-state index contributed by atoms with van der Waals surface area (Å²) in [4.78, 5) is 0. The van der Waals surface area contributed by atoms with E-state index in [-0.39, 0.29) is 5.82 Å². The van der Waals surface area contributed by atoms with E-state index in [0.29, 0.717) is 11.0 Å². The molecule has 1 aliphatic heterocycles. The van der Waals surface area contributed by atoms with Crippen LogP contribution in [-0.4, -0.2) is 31.9 Å². The number of benzene rings is 1. The molecule has 1 aromatic rings. The molecule has 1 aromatic carbocycles. The van der Waals surface area contributed by atoms with Gasteiger partial charge >= 0.3 is 7.12 Å². The SMILES string of the molecule is CNCC(=Cc1ccc(Br)c(F)c1)B1OC(C)(C)C(C)(C)O1. The number of hydrogen-bond acceptors (Lipinski definition) is 3. The summed E-state index contributed by atoms with van der Waals surface area (Å²) in [6, 6.07) is 5.04. The van der Waals surface area contributed by atoms with E-state index < -0.39 is 18.3 Å². The average molecular weight is 370 g/mol. The topological polar surface area (TPSA) is 30.5 Å². The molecule has 0 bridgehead atoms. The summed E-state index contributed by atoms with van der Waals surface area (Å²) in [5.41, 5.74) is 0.925. The standard InChI is InChI=1S/C16H22BBrFNO2/c1-15(2)16(3,4)22-17(21-15)12(10-20-5)8-11-6-7-13(18)14(19)9-11/h6-9,20H,10H2,1-5H3.